The van der Waals surface area contributed by atoms with Gasteiger partial charge in [0.15, 0.2) is 0 Å². The maximum atomic E-state index is 15.3. The van der Waals surface area contributed by atoms with E-state index in [2.05, 4.69) is 52.9 Å². The summed E-state index contributed by atoms with van der Waals surface area (Å²) >= 11 is 0. The molecule has 41 heavy (non-hydrogen) atoms. The molecule has 2 aromatic heterocycles. The molecule has 1 aliphatic heterocycles. The fraction of sp³-hybridized carbons (Fsp3) is 0.333. The van der Waals surface area contributed by atoms with Gasteiger partial charge in [-0.2, -0.15) is 0 Å². The van der Waals surface area contributed by atoms with Crippen molar-refractivity contribution in [1.29, 1.82) is 0 Å². The number of halogens is 1. The molecule has 8 heteroatoms. The molecule has 1 saturated heterocycles. The van der Waals surface area contributed by atoms with Gasteiger partial charge in [0.1, 0.15) is 17.8 Å². The number of benzene rings is 2. The molecule has 5 rings (SSSR count). The number of nitrogens with one attached hydrogen (secondary N) is 2. The Morgan fingerprint density at radius 3 is 2.49 bits per heavy atom. The lowest BCUT2D eigenvalue weighted by Crippen LogP contribution is -2.37. The van der Waals surface area contributed by atoms with Crippen LogP contribution in [-0.2, 0) is 16.8 Å². The standard InChI is InChI=1S/C33H34FN5O2/c1-5-6-28(40)39-15-13-21(14-16-39)26-19-35-31-29(26)30(37-20-38-31)23-7-8-24(27(34)17-23)18-36-32(41)22-9-11-25(12-10-22)33(2,3)4/h7-12,17,19-21H,13-16,18H2,1-4H3,(H,36,41)(H,35,37,38). The van der Waals surface area contributed by atoms with Gasteiger partial charge in [-0.05, 0) is 66.3 Å². The Morgan fingerprint density at radius 1 is 1.10 bits per heavy atom. The Bertz CT molecular complexity index is 1650. The summed E-state index contributed by atoms with van der Waals surface area (Å²) in [5.41, 5.74) is 5.10. The maximum Gasteiger partial charge on any atom is 0.298 e. The van der Waals surface area contributed by atoms with E-state index in [1.807, 2.05) is 24.4 Å². The molecule has 3 heterocycles. The van der Waals surface area contributed by atoms with Crippen molar-refractivity contribution in [2.45, 2.75) is 58.4 Å². The molecule has 1 aliphatic rings. The highest BCUT2D eigenvalue weighted by Crippen LogP contribution is 2.37. The van der Waals surface area contributed by atoms with Crippen LogP contribution < -0.4 is 5.32 Å². The van der Waals surface area contributed by atoms with Crippen LogP contribution in [0, 0.1) is 17.7 Å². The van der Waals surface area contributed by atoms with E-state index in [-0.39, 0.29) is 29.7 Å². The molecular weight excluding hydrogens is 517 g/mol. The van der Waals surface area contributed by atoms with Crippen LogP contribution in [-0.4, -0.2) is 44.8 Å². The first-order valence-electron chi connectivity index (χ1n) is 13.9. The van der Waals surface area contributed by atoms with E-state index in [9.17, 15) is 9.59 Å². The van der Waals surface area contributed by atoms with Crippen molar-refractivity contribution < 1.29 is 14.0 Å². The Labute approximate surface area is 239 Å². The average Bonchev–Trinajstić information content (AvgIpc) is 3.41. The van der Waals surface area contributed by atoms with E-state index >= 15 is 4.39 Å². The van der Waals surface area contributed by atoms with Crippen molar-refractivity contribution in [2.24, 2.45) is 0 Å². The number of aromatic amines is 1. The summed E-state index contributed by atoms with van der Waals surface area (Å²) < 4.78 is 15.3. The number of hydrogen-bond donors (Lipinski definition) is 2. The highest BCUT2D eigenvalue weighted by atomic mass is 19.1. The number of piperidine rings is 1. The van der Waals surface area contributed by atoms with Gasteiger partial charge in [-0.3, -0.25) is 9.59 Å². The largest absolute Gasteiger partial charge is 0.348 e. The van der Waals surface area contributed by atoms with Crippen LogP contribution in [0.15, 0.2) is 55.0 Å². The molecule has 0 bridgehead atoms. The number of hydrogen-bond acceptors (Lipinski definition) is 4. The summed E-state index contributed by atoms with van der Waals surface area (Å²) in [6.07, 6.45) is 5.01. The van der Waals surface area contributed by atoms with E-state index in [0.717, 1.165) is 29.4 Å². The van der Waals surface area contributed by atoms with Crippen LogP contribution in [0.5, 0.6) is 0 Å². The van der Waals surface area contributed by atoms with Crippen molar-refractivity contribution in [3.05, 3.63) is 83.1 Å². The minimum Gasteiger partial charge on any atom is -0.348 e. The van der Waals surface area contributed by atoms with Crippen LogP contribution in [0.2, 0.25) is 0 Å². The predicted octanol–water partition coefficient (Wildman–Crippen LogP) is 5.72. The number of nitrogens with zero attached hydrogens (tertiary/aromatic N) is 3. The Kier molecular flexibility index (Phi) is 7.89. The van der Waals surface area contributed by atoms with Crippen LogP contribution in [0.3, 0.4) is 0 Å². The lowest BCUT2D eigenvalue weighted by Gasteiger charge is -2.30. The lowest BCUT2D eigenvalue weighted by molar-refractivity contribution is -0.126. The number of aromatic nitrogens is 3. The number of fused-ring (bicyclic) bond motifs is 1. The van der Waals surface area contributed by atoms with Gasteiger partial charge in [0.25, 0.3) is 11.8 Å². The molecule has 1 fully saturated rings. The normalized spacial score (nSPS) is 14.0. The number of amides is 2. The molecular formula is C33H34FN5O2. The van der Waals surface area contributed by atoms with Gasteiger partial charge in [0.05, 0.1) is 5.69 Å². The summed E-state index contributed by atoms with van der Waals surface area (Å²) in [6, 6.07) is 12.5. The maximum absolute atomic E-state index is 15.3. The van der Waals surface area contributed by atoms with Crippen LogP contribution in [0.1, 0.15) is 73.5 Å². The topological polar surface area (TPSA) is 91.0 Å². The van der Waals surface area contributed by atoms with Crippen LogP contribution >= 0.6 is 0 Å². The number of carbonyl (C=O) groups excluding carboxylic acids is 2. The van der Waals surface area contributed by atoms with Gasteiger partial charge in [-0.15, -0.1) is 0 Å². The molecule has 210 valence electrons. The van der Waals surface area contributed by atoms with Crippen molar-refractivity contribution in [1.82, 2.24) is 25.2 Å². The predicted molar refractivity (Wildman–Crippen MR) is 158 cm³/mol. The molecule has 0 radical (unpaired) electrons. The van der Waals surface area contributed by atoms with Gasteiger partial charge in [0.2, 0.25) is 0 Å². The Hall–Kier alpha value is -4.51. The molecule has 0 aliphatic carbocycles. The van der Waals surface area contributed by atoms with E-state index in [1.165, 1.54) is 12.4 Å². The summed E-state index contributed by atoms with van der Waals surface area (Å²) in [7, 11) is 0. The van der Waals surface area contributed by atoms with Gasteiger partial charge in [0, 0.05) is 47.9 Å². The molecule has 0 unspecified atom stereocenters. The fourth-order valence-corrected chi connectivity index (χ4v) is 5.34. The van der Waals surface area contributed by atoms with E-state index < -0.39 is 5.82 Å². The zero-order valence-electron chi connectivity index (χ0n) is 23.8. The first kappa shape index (κ1) is 28.0. The summed E-state index contributed by atoms with van der Waals surface area (Å²) in [4.78, 5) is 38.8. The monoisotopic (exact) mass is 551 g/mol. The third-order valence-electron chi connectivity index (χ3n) is 7.73. The van der Waals surface area contributed by atoms with Gasteiger partial charge < -0.3 is 15.2 Å². The second-order valence-corrected chi connectivity index (χ2v) is 11.4. The van der Waals surface area contributed by atoms with E-state index in [1.54, 1.807) is 30.0 Å². The van der Waals surface area contributed by atoms with Crippen LogP contribution in [0.25, 0.3) is 22.3 Å². The summed E-state index contributed by atoms with van der Waals surface area (Å²) in [5.74, 6) is 4.69. The Morgan fingerprint density at radius 2 is 1.83 bits per heavy atom. The molecule has 7 nitrogen and oxygen atoms in total. The summed E-state index contributed by atoms with van der Waals surface area (Å²) in [5, 5.41) is 3.69. The SMILES string of the molecule is CC#CC(=O)N1CCC(c2c[nH]c3ncnc(-c4ccc(CNC(=O)c5ccc(C(C)(C)C)cc5)c(F)c4)c23)CC1. The second kappa shape index (κ2) is 11.5. The minimum atomic E-state index is -0.418. The third-order valence-corrected chi connectivity index (χ3v) is 7.73. The van der Waals surface area contributed by atoms with Crippen molar-refractivity contribution in [3.63, 3.8) is 0 Å². The molecule has 4 aromatic rings. The third kappa shape index (κ3) is 5.99. The zero-order chi connectivity index (χ0) is 29.1. The Balaban J connectivity index is 1.32. The fourth-order valence-electron chi connectivity index (χ4n) is 5.34. The minimum absolute atomic E-state index is 0.00177. The van der Waals surface area contributed by atoms with E-state index in [4.69, 9.17) is 0 Å². The highest BCUT2D eigenvalue weighted by Gasteiger charge is 2.26. The van der Waals surface area contributed by atoms with E-state index in [0.29, 0.717) is 41.1 Å². The zero-order valence-corrected chi connectivity index (χ0v) is 23.8. The average molecular weight is 552 g/mol. The molecule has 2 amide bonds. The van der Waals surface area contributed by atoms with Crippen molar-refractivity contribution >= 4 is 22.8 Å². The first-order valence-corrected chi connectivity index (χ1v) is 13.9. The van der Waals surface area contributed by atoms with Crippen LogP contribution in [0.4, 0.5) is 4.39 Å². The van der Waals surface area contributed by atoms with Gasteiger partial charge in [-0.1, -0.05) is 51.0 Å². The number of rotatable bonds is 5. The molecule has 0 atom stereocenters. The lowest BCUT2D eigenvalue weighted by atomic mass is 9.87. The van der Waals surface area contributed by atoms with Crippen molar-refractivity contribution in [2.75, 3.05) is 13.1 Å². The molecule has 0 saturated carbocycles. The quantitative estimate of drug-likeness (QED) is 0.311. The molecule has 2 N–H and O–H groups in total. The second-order valence-electron chi connectivity index (χ2n) is 11.4. The number of carbonyl (C=O) groups is 2. The summed E-state index contributed by atoms with van der Waals surface area (Å²) in [6.45, 7) is 9.35. The molecule has 2 aromatic carbocycles. The van der Waals surface area contributed by atoms with Gasteiger partial charge >= 0.3 is 0 Å². The molecule has 0 spiro atoms. The number of likely N-dealkylation sites (tertiary alicyclic amines) is 1. The number of H-pyrrole nitrogens is 1. The smallest absolute Gasteiger partial charge is 0.298 e. The first-order chi connectivity index (χ1) is 19.7. The van der Waals surface area contributed by atoms with Crippen molar-refractivity contribution in [3.8, 4) is 23.1 Å². The van der Waals surface area contributed by atoms with Gasteiger partial charge in [-0.25, -0.2) is 14.4 Å². The highest BCUT2D eigenvalue weighted by molar-refractivity contribution is 5.95.